The van der Waals surface area contributed by atoms with Crippen molar-refractivity contribution in [2.24, 2.45) is 0 Å². The molecule has 17 heavy (non-hydrogen) atoms. The van der Waals surface area contributed by atoms with Gasteiger partial charge in [-0.05, 0) is 30.4 Å². The third kappa shape index (κ3) is 3.87. The molecule has 0 bridgehead atoms. The third-order valence-corrected chi connectivity index (χ3v) is 2.74. The number of hydrogen-bond donors (Lipinski definition) is 1. The van der Waals surface area contributed by atoms with Gasteiger partial charge in [-0.25, -0.2) is 0 Å². The molecule has 92 valence electrons. The molecule has 1 aromatic carbocycles. The maximum atomic E-state index is 9.15. The van der Waals surface area contributed by atoms with Crippen LogP contribution in [-0.4, -0.2) is 6.04 Å². The van der Waals surface area contributed by atoms with Crippen LogP contribution in [0.4, 0.5) is 0 Å². The Bertz CT molecular complexity index is 390. The van der Waals surface area contributed by atoms with Gasteiger partial charge in [0.25, 0.3) is 0 Å². The minimum Gasteiger partial charge on any atom is -0.296 e. The van der Waals surface area contributed by atoms with Crippen LogP contribution in [0.1, 0.15) is 51.8 Å². The monoisotopic (exact) mass is 230 g/mol. The Morgan fingerprint density at radius 3 is 2.00 bits per heavy atom. The van der Waals surface area contributed by atoms with E-state index in [1.807, 2.05) is 26.0 Å². The molecule has 0 amide bonds. The molecule has 2 heteroatoms. The van der Waals surface area contributed by atoms with E-state index in [-0.39, 0.29) is 11.5 Å². The summed E-state index contributed by atoms with van der Waals surface area (Å²) in [5, 5.41) is 12.4. The normalized spacial score (nSPS) is 13.5. The predicted molar refractivity (Wildman–Crippen MR) is 71.8 cm³/mol. The van der Waals surface area contributed by atoms with Crippen LogP contribution < -0.4 is 5.32 Å². The summed E-state index contributed by atoms with van der Waals surface area (Å²) in [4.78, 5) is 0. The topological polar surface area (TPSA) is 35.8 Å². The van der Waals surface area contributed by atoms with Crippen molar-refractivity contribution in [3.8, 4) is 6.07 Å². The lowest BCUT2D eigenvalue weighted by Gasteiger charge is -2.20. The van der Waals surface area contributed by atoms with Gasteiger partial charge in [-0.15, -0.1) is 0 Å². The molecule has 0 spiro atoms. The van der Waals surface area contributed by atoms with Crippen molar-refractivity contribution < 1.29 is 0 Å². The molecule has 0 aliphatic heterocycles. The van der Waals surface area contributed by atoms with E-state index in [1.165, 1.54) is 5.56 Å². The molecule has 1 atom stereocenters. The largest absolute Gasteiger partial charge is 0.296 e. The highest BCUT2D eigenvalue weighted by Crippen LogP contribution is 2.23. The molecule has 0 aliphatic carbocycles. The first-order valence-electron chi connectivity index (χ1n) is 6.10. The molecule has 1 unspecified atom stereocenters. The van der Waals surface area contributed by atoms with E-state index < -0.39 is 0 Å². The van der Waals surface area contributed by atoms with Gasteiger partial charge in [0.05, 0.1) is 6.07 Å². The molecule has 0 heterocycles. The van der Waals surface area contributed by atoms with Gasteiger partial charge in [0.15, 0.2) is 0 Å². The molecular formula is C15H22N2. The lowest BCUT2D eigenvalue weighted by molar-refractivity contribution is 0.545. The Morgan fingerprint density at radius 2 is 1.65 bits per heavy atom. The maximum absolute atomic E-state index is 9.15. The van der Waals surface area contributed by atoms with E-state index in [1.54, 1.807) is 0 Å². The highest BCUT2D eigenvalue weighted by molar-refractivity contribution is 5.31. The van der Waals surface area contributed by atoms with E-state index in [0.717, 1.165) is 5.56 Å². The van der Waals surface area contributed by atoms with E-state index in [4.69, 9.17) is 5.26 Å². The molecule has 0 aliphatic rings. The van der Waals surface area contributed by atoms with Crippen LogP contribution >= 0.6 is 0 Å². The number of nitriles is 1. The standard InChI is InChI=1S/C15H22N2/c1-11(2)17-14(10-16)12-6-8-13(9-7-12)15(3,4)5/h6-9,11,14,17H,1-5H3. The Morgan fingerprint density at radius 1 is 1.12 bits per heavy atom. The fourth-order valence-corrected chi connectivity index (χ4v) is 1.72. The summed E-state index contributed by atoms with van der Waals surface area (Å²) in [6.45, 7) is 10.7. The maximum Gasteiger partial charge on any atom is 0.121 e. The summed E-state index contributed by atoms with van der Waals surface area (Å²) in [5.41, 5.74) is 2.49. The number of benzene rings is 1. The first-order chi connectivity index (χ1) is 7.84. The van der Waals surface area contributed by atoms with Crippen molar-refractivity contribution >= 4 is 0 Å². The molecule has 1 aromatic rings. The van der Waals surface area contributed by atoms with Crippen molar-refractivity contribution in [3.05, 3.63) is 35.4 Å². The fourth-order valence-electron chi connectivity index (χ4n) is 1.72. The molecule has 0 fully saturated rings. The van der Waals surface area contributed by atoms with Gasteiger partial charge in [0.2, 0.25) is 0 Å². The summed E-state index contributed by atoms with van der Waals surface area (Å²) in [6, 6.07) is 10.7. The van der Waals surface area contributed by atoms with Gasteiger partial charge < -0.3 is 0 Å². The second-order valence-corrected chi connectivity index (χ2v) is 5.76. The lowest BCUT2D eigenvalue weighted by Crippen LogP contribution is -2.27. The number of nitrogens with one attached hydrogen (secondary N) is 1. The summed E-state index contributed by atoms with van der Waals surface area (Å²) < 4.78 is 0. The van der Waals surface area contributed by atoms with Gasteiger partial charge in [0, 0.05) is 6.04 Å². The van der Waals surface area contributed by atoms with Crippen molar-refractivity contribution in [3.63, 3.8) is 0 Å². The lowest BCUT2D eigenvalue weighted by atomic mass is 9.86. The predicted octanol–water partition coefficient (Wildman–Crippen LogP) is 3.55. The Hall–Kier alpha value is -1.33. The molecule has 0 saturated heterocycles. The van der Waals surface area contributed by atoms with Gasteiger partial charge in [-0.3, -0.25) is 5.32 Å². The summed E-state index contributed by atoms with van der Waals surface area (Å²) in [5.74, 6) is 0. The second-order valence-electron chi connectivity index (χ2n) is 5.76. The highest BCUT2D eigenvalue weighted by atomic mass is 14.9. The van der Waals surface area contributed by atoms with Gasteiger partial charge in [-0.2, -0.15) is 5.26 Å². The number of rotatable bonds is 3. The van der Waals surface area contributed by atoms with E-state index in [9.17, 15) is 0 Å². The molecule has 0 aromatic heterocycles. The van der Waals surface area contributed by atoms with Crippen LogP contribution in [0, 0.1) is 11.3 Å². The zero-order valence-electron chi connectivity index (χ0n) is 11.4. The van der Waals surface area contributed by atoms with Gasteiger partial charge in [-0.1, -0.05) is 45.0 Å². The van der Waals surface area contributed by atoms with Crippen molar-refractivity contribution in [1.82, 2.24) is 5.32 Å². The summed E-state index contributed by atoms with van der Waals surface area (Å²) >= 11 is 0. The molecule has 1 N–H and O–H groups in total. The zero-order valence-corrected chi connectivity index (χ0v) is 11.4. The van der Waals surface area contributed by atoms with Crippen molar-refractivity contribution in [2.75, 3.05) is 0 Å². The van der Waals surface area contributed by atoms with E-state index >= 15 is 0 Å². The summed E-state index contributed by atoms with van der Waals surface area (Å²) in [7, 11) is 0. The van der Waals surface area contributed by atoms with Gasteiger partial charge in [0.1, 0.15) is 6.04 Å². The van der Waals surface area contributed by atoms with Crippen LogP contribution in [0.15, 0.2) is 24.3 Å². The summed E-state index contributed by atoms with van der Waals surface area (Å²) in [6.07, 6.45) is 0. The SMILES string of the molecule is CC(C)NC(C#N)c1ccc(C(C)(C)C)cc1. The minimum absolute atomic E-state index is 0.159. The average Bonchev–Trinajstić information content (AvgIpc) is 2.24. The minimum atomic E-state index is -0.219. The van der Waals surface area contributed by atoms with E-state index in [0.29, 0.717) is 6.04 Å². The van der Waals surface area contributed by atoms with Gasteiger partial charge >= 0.3 is 0 Å². The molecular weight excluding hydrogens is 208 g/mol. The van der Waals surface area contributed by atoms with Crippen LogP contribution in [0.25, 0.3) is 0 Å². The quantitative estimate of drug-likeness (QED) is 0.862. The second kappa shape index (κ2) is 5.33. The zero-order chi connectivity index (χ0) is 13.1. The van der Waals surface area contributed by atoms with Crippen molar-refractivity contribution in [2.45, 2.75) is 52.1 Å². The van der Waals surface area contributed by atoms with Crippen molar-refractivity contribution in [1.29, 1.82) is 5.26 Å². The van der Waals surface area contributed by atoms with Crippen LogP contribution in [0.3, 0.4) is 0 Å². The Kier molecular flexibility index (Phi) is 4.31. The number of nitrogens with zero attached hydrogens (tertiary/aromatic N) is 1. The highest BCUT2D eigenvalue weighted by Gasteiger charge is 2.15. The van der Waals surface area contributed by atoms with E-state index in [2.05, 4.69) is 44.3 Å². The average molecular weight is 230 g/mol. The smallest absolute Gasteiger partial charge is 0.121 e. The molecule has 1 rings (SSSR count). The molecule has 0 radical (unpaired) electrons. The van der Waals surface area contributed by atoms with Crippen LogP contribution in [0.2, 0.25) is 0 Å². The Labute approximate surface area is 105 Å². The Balaban J connectivity index is 2.90. The third-order valence-electron chi connectivity index (χ3n) is 2.74. The first kappa shape index (κ1) is 13.7. The molecule has 0 saturated carbocycles. The van der Waals surface area contributed by atoms with Crippen LogP contribution in [0.5, 0.6) is 0 Å². The number of hydrogen-bond acceptors (Lipinski definition) is 2. The molecule has 2 nitrogen and oxygen atoms in total. The fraction of sp³-hybridized carbons (Fsp3) is 0.533. The van der Waals surface area contributed by atoms with Crippen LogP contribution in [-0.2, 0) is 5.41 Å². The first-order valence-corrected chi connectivity index (χ1v) is 6.10.